The second kappa shape index (κ2) is 6.54. The van der Waals surface area contributed by atoms with E-state index >= 15 is 0 Å². The Bertz CT molecular complexity index is 611. The van der Waals surface area contributed by atoms with Crippen LogP contribution in [0.3, 0.4) is 0 Å². The van der Waals surface area contributed by atoms with E-state index in [1.54, 1.807) is 12.1 Å². The first kappa shape index (κ1) is 17.2. The maximum Gasteiger partial charge on any atom is 0.241 e. The van der Waals surface area contributed by atoms with Crippen LogP contribution in [0.5, 0.6) is 0 Å². The zero-order valence-electron chi connectivity index (χ0n) is 11.8. The van der Waals surface area contributed by atoms with Crippen LogP contribution in [0.15, 0.2) is 27.6 Å². The number of hydrogen-bond donors (Lipinski definition) is 2. The summed E-state index contributed by atoms with van der Waals surface area (Å²) in [5.41, 5.74) is 0.761. The first-order valence-electron chi connectivity index (χ1n) is 6.99. The molecule has 2 aliphatic rings. The monoisotopic (exact) mass is 394 g/mol. The minimum absolute atomic E-state index is 0. The third-order valence-corrected chi connectivity index (χ3v) is 6.83. The molecule has 4 nitrogen and oxygen atoms in total. The number of piperidine rings is 1. The van der Waals surface area contributed by atoms with Crippen LogP contribution in [-0.4, -0.2) is 26.5 Å². The molecule has 0 spiro atoms. The van der Waals surface area contributed by atoms with Crippen LogP contribution < -0.4 is 10.0 Å². The standard InChI is InChI=1S/C14H19BrN2O2S.ClH/c1-9-13(15)3-2-4-14(9)20(18,19)17-12-7-10-5-6-11(8-12)16-10;/h2-4,10-12,16-17H,5-8H2,1H3;1H. The summed E-state index contributed by atoms with van der Waals surface area (Å²) in [4.78, 5) is 0.373. The van der Waals surface area contributed by atoms with E-state index in [9.17, 15) is 8.42 Å². The third-order valence-electron chi connectivity index (χ3n) is 4.30. The second-order valence-electron chi connectivity index (χ2n) is 5.79. The molecule has 0 aromatic heterocycles. The fourth-order valence-corrected chi connectivity index (χ4v) is 5.34. The molecule has 2 aliphatic heterocycles. The van der Waals surface area contributed by atoms with Crippen molar-refractivity contribution in [2.45, 2.75) is 55.6 Å². The minimum atomic E-state index is -3.44. The van der Waals surface area contributed by atoms with E-state index in [4.69, 9.17) is 0 Å². The summed E-state index contributed by atoms with van der Waals surface area (Å²) >= 11 is 3.39. The number of benzene rings is 1. The van der Waals surface area contributed by atoms with E-state index in [1.165, 1.54) is 12.8 Å². The summed E-state index contributed by atoms with van der Waals surface area (Å²) in [6.45, 7) is 1.82. The molecule has 2 N–H and O–H groups in total. The first-order chi connectivity index (χ1) is 9.45. The summed E-state index contributed by atoms with van der Waals surface area (Å²) in [5, 5.41) is 3.52. The van der Waals surface area contributed by atoms with Crippen molar-refractivity contribution in [3.8, 4) is 0 Å². The topological polar surface area (TPSA) is 58.2 Å². The Labute approximate surface area is 140 Å². The van der Waals surface area contributed by atoms with Crippen LogP contribution >= 0.6 is 28.3 Å². The Balaban J connectivity index is 0.00000161. The molecule has 2 bridgehead atoms. The molecule has 7 heteroatoms. The Morgan fingerprint density at radius 3 is 2.48 bits per heavy atom. The first-order valence-corrected chi connectivity index (χ1v) is 9.27. The van der Waals surface area contributed by atoms with E-state index in [1.807, 2.05) is 13.0 Å². The lowest BCUT2D eigenvalue weighted by Crippen LogP contribution is -2.48. The van der Waals surface area contributed by atoms with Crippen LogP contribution in [0, 0.1) is 6.92 Å². The van der Waals surface area contributed by atoms with Gasteiger partial charge in [-0.05, 0) is 50.3 Å². The number of halogens is 2. The molecule has 2 atom stereocenters. The van der Waals surface area contributed by atoms with Gasteiger partial charge in [-0.1, -0.05) is 22.0 Å². The molecular formula is C14H20BrClN2O2S. The average molecular weight is 396 g/mol. The lowest BCUT2D eigenvalue weighted by Gasteiger charge is -2.29. The van der Waals surface area contributed by atoms with Gasteiger partial charge >= 0.3 is 0 Å². The molecule has 2 fully saturated rings. The quantitative estimate of drug-likeness (QED) is 0.827. The van der Waals surface area contributed by atoms with Crippen molar-refractivity contribution in [3.63, 3.8) is 0 Å². The van der Waals surface area contributed by atoms with Crippen molar-refractivity contribution in [3.05, 3.63) is 28.2 Å². The van der Waals surface area contributed by atoms with E-state index < -0.39 is 10.0 Å². The fraction of sp³-hybridized carbons (Fsp3) is 0.571. The Morgan fingerprint density at radius 1 is 1.24 bits per heavy atom. The fourth-order valence-electron chi connectivity index (χ4n) is 3.32. The molecule has 0 saturated carbocycles. The van der Waals surface area contributed by atoms with E-state index in [2.05, 4.69) is 26.0 Å². The Morgan fingerprint density at radius 2 is 1.86 bits per heavy atom. The molecule has 0 amide bonds. The molecule has 0 radical (unpaired) electrons. The van der Waals surface area contributed by atoms with Gasteiger partial charge in [0, 0.05) is 22.6 Å². The highest BCUT2D eigenvalue weighted by Crippen LogP contribution is 2.29. The second-order valence-corrected chi connectivity index (χ2v) is 8.33. The zero-order valence-corrected chi connectivity index (χ0v) is 15.0. The molecule has 21 heavy (non-hydrogen) atoms. The van der Waals surface area contributed by atoms with Crippen molar-refractivity contribution in [1.82, 2.24) is 10.0 Å². The zero-order chi connectivity index (χ0) is 14.3. The molecule has 1 aromatic rings. The van der Waals surface area contributed by atoms with Gasteiger partial charge in [0.25, 0.3) is 0 Å². The van der Waals surface area contributed by atoms with Crippen molar-refractivity contribution >= 4 is 38.4 Å². The smallest absolute Gasteiger partial charge is 0.241 e. The van der Waals surface area contributed by atoms with Gasteiger partial charge in [-0.15, -0.1) is 12.4 Å². The van der Waals surface area contributed by atoms with Crippen molar-refractivity contribution in [2.75, 3.05) is 0 Å². The summed E-state index contributed by atoms with van der Waals surface area (Å²) in [5.74, 6) is 0. The highest BCUT2D eigenvalue weighted by Gasteiger charge is 2.35. The molecule has 2 heterocycles. The Hall–Kier alpha value is -0.140. The summed E-state index contributed by atoms with van der Waals surface area (Å²) in [6, 6.07) is 6.29. The van der Waals surface area contributed by atoms with Crippen LogP contribution in [0.25, 0.3) is 0 Å². The van der Waals surface area contributed by atoms with Gasteiger partial charge in [-0.3, -0.25) is 0 Å². The van der Waals surface area contributed by atoms with Crippen molar-refractivity contribution in [2.24, 2.45) is 0 Å². The van der Waals surface area contributed by atoms with Crippen LogP contribution in [-0.2, 0) is 10.0 Å². The van der Waals surface area contributed by atoms with Crippen molar-refractivity contribution < 1.29 is 8.42 Å². The highest BCUT2D eigenvalue weighted by molar-refractivity contribution is 9.10. The van der Waals surface area contributed by atoms with E-state index in [0.717, 1.165) is 22.9 Å². The van der Waals surface area contributed by atoms with Crippen LogP contribution in [0.1, 0.15) is 31.2 Å². The van der Waals surface area contributed by atoms with Gasteiger partial charge in [-0.25, -0.2) is 13.1 Å². The largest absolute Gasteiger partial charge is 0.311 e. The van der Waals surface area contributed by atoms with E-state index in [0.29, 0.717) is 17.0 Å². The maximum absolute atomic E-state index is 12.6. The summed E-state index contributed by atoms with van der Waals surface area (Å²) in [7, 11) is -3.44. The van der Waals surface area contributed by atoms with Gasteiger partial charge in [0.2, 0.25) is 10.0 Å². The number of sulfonamides is 1. The highest BCUT2D eigenvalue weighted by atomic mass is 79.9. The molecular weight excluding hydrogens is 376 g/mol. The van der Waals surface area contributed by atoms with Crippen molar-refractivity contribution in [1.29, 1.82) is 0 Å². The van der Waals surface area contributed by atoms with Gasteiger partial charge in [-0.2, -0.15) is 0 Å². The SMILES string of the molecule is Cc1c(Br)cccc1S(=O)(=O)NC1CC2CCC(C1)N2.Cl. The number of rotatable bonds is 3. The van der Waals surface area contributed by atoms with Crippen LogP contribution in [0.4, 0.5) is 0 Å². The summed E-state index contributed by atoms with van der Waals surface area (Å²) < 4.78 is 28.8. The van der Waals surface area contributed by atoms with Crippen LogP contribution in [0.2, 0.25) is 0 Å². The molecule has 0 aliphatic carbocycles. The maximum atomic E-state index is 12.6. The molecule has 3 rings (SSSR count). The summed E-state index contributed by atoms with van der Waals surface area (Å²) in [6.07, 6.45) is 4.11. The molecule has 118 valence electrons. The van der Waals surface area contributed by atoms with Gasteiger partial charge in [0.1, 0.15) is 0 Å². The van der Waals surface area contributed by atoms with Gasteiger partial charge in [0.15, 0.2) is 0 Å². The van der Waals surface area contributed by atoms with Gasteiger partial charge in [0.05, 0.1) is 4.90 Å². The molecule has 2 unspecified atom stereocenters. The third kappa shape index (κ3) is 3.62. The molecule has 2 saturated heterocycles. The van der Waals surface area contributed by atoms with E-state index in [-0.39, 0.29) is 18.4 Å². The number of fused-ring (bicyclic) bond motifs is 2. The Kier molecular flexibility index (Phi) is 5.36. The molecule has 1 aromatic carbocycles. The van der Waals surface area contributed by atoms with Gasteiger partial charge < -0.3 is 5.32 Å². The minimum Gasteiger partial charge on any atom is -0.311 e. The average Bonchev–Trinajstić information content (AvgIpc) is 2.71. The lowest BCUT2D eigenvalue weighted by molar-refractivity contribution is 0.345. The predicted octanol–water partition coefficient (Wildman–Crippen LogP) is 2.74. The number of hydrogen-bond acceptors (Lipinski definition) is 3. The predicted molar refractivity (Wildman–Crippen MR) is 89.4 cm³/mol. The lowest BCUT2D eigenvalue weighted by atomic mass is 10.0. The normalized spacial score (nSPS) is 28.2. The number of nitrogens with one attached hydrogen (secondary N) is 2.